The molecule has 4 heteroatoms. The predicted octanol–water partition coefficient (Wildman–Crippen LogP) is 2.17. The van der Waals surface area contributed by atoms with Gasteiger partial charge in [-0.25, -0.2) is 9.97 Å². The molecule has 0 aliphatic rings. The van der Waals surface area contributed by atoms with Crippen molar-refractivity contribution < 1.29 is 0 Å². The van der Waals surface area contributed by atoms with Crippen LogP contribution in [-0.2, 0) is 13.0 Å². The number of hydrogen-bond donors (Lipinski definition) is 1. The normalized spacial score (nSPS) is 10.7. The molecule has 0 amide bonds. The van der Waals surface area contributed by atoms with Crippen molar-refractivity contribution in [2.75, 3.05) is 5.73 Å². The summed E-state index contributed by atoms with van der Waals surface area (Å²) in [6.45, 7) is 5.18. The Kier molecular flexibility index (Phi) is 3.42. The Labute approximate surface area is 102 Å². The summed E-state index contributed by atoms with van der Waals surface area (Å²) in [6, 6.07) is 2.08. The maximum atomic E-state index is 5.88. The van der Waals surface area contributed by atoms with Crippen LogP contribution in [0.25, 0.3) is 0 Å². The van der Waals surface area contributed by atoms with Crippen molar-refractivity contribution in [2.45, 2.75) is 33.2 Å². The van der Waals surface area contributed by atoms with Crippen LogP contribution in [-0.4, -0.2) is 14.5 Å². The van der Waals surface area contributed by atoms with Crippen LogP contribution >= 0.6 is 0 Å². The molecule has 0 saturated heterocycles. The van der Waals surface area contributed by atoms with Gasteiger partial charge in [0.05, 0.1) is 0 Å². The van der Waals surface area contributed by atoms with E-state index in [0.29, 0.717) is 5.82 Å². The zero-order valence-electron chi connectivity index (χ0n) is 10.3. The summed E-state index contributed by atoms with van der Waals surface area (Å²) in [7, 11) is 0. The largest absolute Gasteiger partial charge is 0.383 e. The van der Waals surface area contributed by atoms with Gasteiger partial charge in [-0.05, 0) is 18.9 Å². The van der Waals surface area contributed by atoms with Crippen molar-refractivity contribution in [3.05, 3.63) is 41.6 Å². The average Bonchev–Trinajstić information content (AvgIpc) is 2.72. The Balaban J connectivity index is 2.25. The molecule has 0 atom stereocenters. The fraction of sp³-hybridized carbons (Fsp3) is 0.385. The SMILES string of the molecule is CCCn1ccnc1Cc1cc(C)cnc1N. The monoisotopic (exact) mass is 230 g/mol. The lowest BCUT2D eigenvalue weighted by molar-refractivity contribution is 0.647. The van der Waals surface area contributed by atoms with Gasteiger partial charge in [0.25, 0.3) is 0 Å². The molecule has 2 rings (SSSR count). The van der Waals surface area contributed by atoms with Gasteiger partial charge in [0.2, 0.25) is 0 Å². The Hall–Kier alpha value is -1.84. The molecule has 17 heavy (non-hydrogen) atoms. The fourth-order valence-corrected chi connectivity index (χ4v) is 1.90. The number of anilines is 1. The first-order chi connectivity index (χ1) is 8.20. The first-order valence-electron chi connectivity index (χ1n) is 5.91. The van der Waals surface area contributed by atoms with Gasteiger partial charge < -0.3 is 10.3 Å². The molecule has 90 valence electrons. The van der Waals surface area contributed by atoms with E-state index >= 15 is 0 Å². The van der Waals surface area contributed by atoms with E-state index in [4.69, 9.17) is 5.73 Å². The first-order valence-corrected chi connectivity index (χ1v) is 5.91. The number of pyridine rings is 1. The van der Waals surface area contributed by atoms with Gasteiger partial charge in [-0.3, -0.25) is 0 Å². The second-order valence-electron chi connectivity index (χ2n) is 4.27. The molecule has 0 unspecified atom stereocenters. The zero-order valence-corrected chi connectivity index (χ0v) is 10.3. The number of rotatable bonds is 4. The lowest BCUT2D eigenvalue weighted by atomic mass is 10.1. The highest BCUT2D eigenvalue weighted by atomic mass is 15.1. The number of aromatic nitrogens is 3. The van der Waals surface area contributed by atoms with Gasteiger partial charge in [0.15, 0.2) is 0 Å². The second kappa shape index (κ2) is 4.99. The van der Waals surface area contributed by atoms with Crippen molar-refractivity contribution >= 4 is 5.82 Å². The molecule has 2 heterocycles. The zero-order chi connectivity index (χ0) is 12.3. The first kappa shape index (κ1) is 11.6. The molecular weight excluding hydrogens is 212 g/mol. The maximum absolute atomic E-state index is 5.88. The third-order valence-electron chi connectivity index (χ3n) is 2.75. The summed E-state index contributed by atoms with van der Waals surface area (Å²) in [5, 5.41) is 0. The minimum atomic E-state index is 0.599. The highest BCUT2D eigenvalue weighted by Crippen LogP contribution is 2.15. The molecule has 4 nitrogen and oxygen atoms in total. The third-order valence-corrected chi connectivity index (χ3v) is 2.75. The van der Waals surface area contributed by atoms with Crippen LogP contribution < -0.4 is 5.73 Å². The minimum absolute atomic E-state index is 0.599. The molecule has 2 aromatic rings. The Morgan fingerprint density at radius 1 is 1.35 bits per heavy atom. The van der Waals surface area contributed by atoms with Gasteiger partial charge in [0, 0.05) is 37.1 Å². The molecule has 2 aromatic heterocycles. The fourth-order valence-electron chi connectivity index (χ4n) is 1.90. The molecule has 0 bridgehead atoms. The van der Waals surface area contributed by atoms with Crippen LogP contribution in [0.3, 0.4) is 0 Å². The molecule has 0 aromatic carbocycles. The molecule has 0 radical (unpaired) electrons. The summed E-state index contributed by atoms with van der Waals surface area (Å²) >= 11 is 0. The molecule has 0 aliphatic heterocycles. The Morgan fingerprint density at radius 3 is 2.94 bits per heavy atom. The van der Waals surface area contributed by atoms with Crippen LogP contribution in [0.2, 0.25) is 0 Å². The summed E-state index contributed by atoms with van der Waals surface area (Å²) in [4.78, 5) is 8.56. The van der Waals surface area contributed by atoms with Crippen LogP contribution in [0.1, 0.15) is 30.3 Å². The molecule has 0 spiro atoms. The van der Waals surface area contributed by atoms with Crippen LogP contribution in [0.5, 0.6) is 0 Å². The van der Waals surface area contributed by atoms with E-state index in [1.807, 2.05) is 19.3 Å². The number of aryl methyl sites for hydroxylation is 2. The highest BCUT2D eigenvalue weighted by Gasteiger charge is 2.07. The van der Waals surface area contributed by atoms with Crippen molar-refractivity contribution in [1.29, 1.82) is 0 Å². The van der Waals surface area contributed by atoms with Crippen molar-refractivity contribution in [3.63, 3.8) is 0 Å². The lowest BCUT2D eigenvalue weighted by Crippen LogP contribution is -2.06. The number of nitrogens with zero attached hydrogens (tertiary/aromatic N) is 3. The third kappa shape index (κ3) is 2.64. The molecule has 2 N–H and O–H groups in total. The molecule has 0 saturated carbocycles. The smallest absolute Gasteiger partial charge is 0.126 e. The van der Waals surface area contributed by atoms with Gasteiger partial charge in [0.1, 0.15) is 11.6 Å². The summed E-state index contributed by atoms with van der Waals surface area (Å²) in [5.74, 6) is 1.65. The second-order valence-corrected chi connectivity index (χ2v) is 4.27. The number of imidazole rings is 1. The topological polar surface area (TPSA) is 56.7 Å². The average molecular weight is 230 g/mol. The van der Waals surface area contributed by atoms with Gasteiger partial charge in [-0.1, -0.05) is 13.0 Å². The van der Waals surface area contributed by atoms with E-state index in [-0.39, 0.29) is 0 Å². The maximum Gasteiger partial charge on any atom is 0.126 e. The molecule has 0 aliphatic carbocycles. The Morgan fingerprint density at radius 2 is 2.18 bits per heavy atom. The predicted molar refractivity (Wildman–Crippen MR) is 68.7 cm³/mol. The summed E-state index contributed by atoms with van der Waals surface area (Å²) in [6.07, 6.45) is 7.48. The van der Waals surface area contributed by atoms with Crippen LogP contribution in [0, 0.1) is 6.92 Å². The summed E-state index contributed by atoms with van der Waals surface area (Å²) in [5.41, 5.74) is 8.06. The van der Waals surface area contributed by atoms with Crippen LogP contribution in [0.4, 0.5) is 5.82 Å². The van der Waals surface area contributed by atoms with Crippen LogP contribution in [0.15, 0.2) is 24.7 Å². The van der Waals surface area contributed by atoms with Gasteiger partial charge in [-0.15, -0.1) is 0 Å². The quantitative estimate of drug-likeness (QED) is 0.875. The van der Waals surface area contributed by atoms with Crippen molar-refractivity contribution in [2.24, 2.45) is 0 Å². The number of nitrogen functional groups attached to an aromatic ring is 1. The van der Waals surface area contributed by atoms with Gasteiger partial charge >= 0.3 is 0 Å². The van der Waals surface area contributed by atoms with Crippen molar-refractivity contribution in [1.82, 2.24) is 14.5 Å². The van der Waals surface area contributed by atoms with E-state index in [1.54, 1.807) is 6.20 Å². The van der Waals surface area contributed by atoms with E-state index in [0.717, 1.165) is 36.3 Å². The standard InChI is InChI=1S/C13H18N4/c1-3-5-17-6-4-15-12(17)8-11-7-10(2)9-16-13(11)14/h4,6-7,9H,3,5,8H2,1-2H3,(H2,14,16). The minimum Gasteiger partial charge on any atom is -0.383 e. The number of hydrogen-bond acceptors (Lipinski definition) is 3. The molecular formula is C13H18N4. The summed E-state index contributed by atoms with van der Waals surface area (Å²) < 4.78 is 2.17. The van der Waals surface area contributed by atoms with Gasteiger partial charge in [-0.2, -0.15) is 0 Å². The van der Waals surface area contributed by atoms with E-state index < -0.39 is 0 Å². The highest BCUT2D eigenvalue weighted by molar-refractivity contribution is 5.42. The Bertz CT molecular complexity index is 502. The number of nitrogens with two attached hydrogens (primary N) is 1. The molecule has 0 fully saturated rings. The van der Waals surface area contributed by atoms with E-state index in [1.165, 1.54) is 0 Å². The van der Waals surface area contributed by atoms with E-state index in [2.05, 4.69) is 27.5 Å². The van der Waals surface area contributed by atoms with Crippen molar-refractivity contribution in [3.8, 4) is 0 Å². The lowest BCUT2D eigenvalue weighted by Gasteiger charge is -2.08. The van der Waals surface area contributed by atoms with E-state index in [9.17, 15) is 0 Å².